The molecule has 0 spiro atoms. The molecule has 3 unspecified atom stereocenters. The van der Waals surface area contributed by atoms with Gasteiger partial charge >= 0.3 is 0 Å². The lowest BCUT2D eigenvalue weighted by Gasteiger charge is -2.45. The van der Waals surface area contributed by atoms with Crippen LogP contribution in [0.15, 0.2) is 0 Å². The van der Waals surface area contributed by atoms with E-state index in [1.165, 1.54) is 0 Å². The van der Waals surface area contributed by atoms with Gasteiger partial charge in [0, 0.05) is 7.05 Å². The zero-order chi connectivity index (χ0) is 12.5. The first-order chi connectivity index (χ1) is 7.38. The number of hydrogen-bond acceptors (Lipinski definition) is 2. The summed E-state index contributed by atoms with van der Waals surface area (Å²) < 4.78 is 0. The summed E-state index contributed by atoms with van der Waals surface area (Å²) in [6.07, 6.45) is 1.52. The van der Waals surface area contributed by atoms with Gasteiger partial charge in [-0.2, -0.15) is 0 Å². The highest BCUT2D eigenvalue weighted by atomic mass is 16.2. The lowest BCUT2D eigenvalue weighted by molar-refractivity contribution is -0.156. The fourth-order valence-corrected chi connectivity index (χ4v) is 1.98. The predicted molar refractivity (Wildman–Crippen MR) is 62.9 cm³/mol. The van der Waals surface area contributed by atoms with Crippen molar-refractivity contribution >= 4 is 11.8 Å². The average Bonchev–Trinajstić information content (AvgIpc) is 2.30. The number of carbonyl (C=O) groups is 2. The fourth-order valence-electron chi connectivity index (χ4n) is 1.98. The molecule has 92 valence electrons. The van der Waals surface area contributed by atoms with Crippen LogP contribution < -0.4 is 5.32 Å². The van der Waals surface area contributed by atoms with Gasteiger partial charge in [0.05, 0.1) is 0 Å². The summed E-state index contributed by atoms with van der Waals surface area (Å²) in [7, 11) is 1.72. The Hall–Kier alpha value is -1.06. The maximum Gasteiger partial charge on any atom is 0.246 e. The van der Waals surface area contributed by atoms with E-state index in [1.54, 1.807) is 11.9 Å². The van der Waals surface area contributed by atoms with E-state index in [-0.39, 0.29) is 23.8 Å². The average molecular weight is 226 g/mol. The summed E-state index contributed by atoms with van der Waals surface area (Å²) >= 11 is 0. The van der Waals surface area contributed by atoms with Gasteiger partial charge in [0.1, 0.15) is 11.6 Å². The van der Waals surface area contributed by atoms with Crippen molar-refractivity contribution in [2.24, 2.45) is 5.92 Å². The molecule has 4 heteroatoms. The quantitative estimate of drug-likeness (QED) is 0.785. The van der Waals surface area contributed by atoms with Crippen molar-refractivity contribution in [1.29, 1.82) is 0 Å². The van der Waals surface area contributed by atoms with Crippen LogP contribution in [0.1, 0.15) is 40.5 Å². The van der Waals surface area contributed by atoms with Crippen LogP contribution in [0.4, 0.5) is 0 Å². The first kappa shape index (κ1) is 13.0. The number of hydrogen-bond donors (Lipinski definition) is 1. The van der Waals surface area contributed by atoms with Crippen LogP contribution in [-0.4, -0.2) is 35.3 Å². The van der Waals surface area contributed by atoms with Crippen LogP contribution in [0.2, 0.25) is 0 Å². The van der Waals surface area contributed by atoms with Crippen LogP contribution in [0.5, 0.6) is 0 Å². The highest BCUT2D eigenvalue weighted by Gasteiger charge is 2.47. The van der Waals surface area contributed by atoms with Crippen LogP contribution >= 0.6 is 0 Å². The third kappa shape index (κ3) is 1.81. The van der Waals surface area contributed by atoms with Crippen molar-refractivity contribution in [2.75, 3.05) is 7.05 Å². The minimum atomic E-state index is -0.693. The second kappa shape index (κ2) is 4.44. The maximum atomic E-state index is 12.2. The van der Waals surface area contributed by atoms with Crippen molar-refractivity contribution in [3.63, 3.8) is 0 Å². The molecule has 3 atom stereocenters. The van der Waals surface area contributed by atoms with E-state index in [9.17, 15) is 9.59 Å². The third-order valence-electron chi connectivity index (χ3n) is 4.01. The van der Waals surface area contributed by atoms with Crippen molar-refractivity contribution in [1.82, 2.24) is 10.2 Å². The Morgan fingerprint density at radius 3 is 2.44 bits per heavy atom. The Bertz CT molecular complexity index is 299. The molecule has 0 bridgehead atoms. The van der Waals surface area contributed by atoms with Gasteiger partial charge in [-0.1, -0.05) is 27.2 Å². The summed E-state index contributed by atoms with van der Waals surface area (Å²) in [5, 5.41) is 2.86. The Morgan fingerprint density at radius 1 is 1.44 bits per heavy atom. The van der Waals surface area contributed by atoms with Crippen molar-refractivity contribution < 1.29 is 9.59 Å². The molecule has 0 aromatic rings. The van der Waals surface area contributed by atoms with Gasteiger partial charge in [0.25, 0.3) is 0 Å². The van der Waals surface area contributed by atoms with Gasteiger partial charge in [-0.05, 0) is 19.3 Å². The zero-order valence-corrected chi connectivity index (χ0v) is 10.8. The number of rotatable bonds is 3. The van der Waals surface area contributed by atoms with Crippen LogP contribution in [0, 0.1) is 5.92 Å². The maximum absolute atomic E-state index is 12.2. The van der Waals surface area contributed by atoms with Crippen molar-refractivity contribution in [3.05, 3.63) is 0 Å². The van der Waals surface area contributed by atoms with Crippen molar-refractivity contribution in [3.8, 4) is 0 Å². The number of nitrogens with one attached hydrogen (secondary N) is 1. The molecule has 0 aliphatic carbocycles. The molecule has 0 aromatic carbocycles. The highest BCUT2D eigenvalue weighted by Crippen LogP contribution is 2.26. The molecule has 1 saturated heterocycles. The summed E-state index contributed by atoms with van der Waals surface area (Å²) in [4.78, 5) is 25.8. The SMILES string of the molecule is CCC(C)C1NC(=O)C(C)(CC)N(C)C1=O. The Balaban J connectivity index is 2.96. The number of carbonyl (C=O) groups excluding carboxylic acids is 2. The van der Waals surface area contributed by atoms with E-state index in [0.717, 1.165) is 6.42 Å². The Kier molecular flexibility index (Phi) is 3.61. The largest absolute Gasteiger partial charge is 0.342 e. The zero-order valence-electron chi connectivity index (χ0n) is 10.8. The van der Waals surface area contributed by atoms with Crippen LogP contribution in [0.25, 0.3) is 0 Å². The first-order valence-electron chi connectivity index (χ1n) is 5.97. The highest BCUT2D eigenvalue weighted by molar-refractivity contribution is 5.99. The Labute approximate surface area is 97.4 Å². The fraction of sp³-hybridized carbons (Fsp3) is 0.833. The number of piperazine rings is 1. The smallest absolute Gasteiger partial charge is 0.246 e. The molecule has 1 fully saturated rings. The topological polar surface area (TPSA) is 49.4 Å². The summed E-state index contributed by atoms with van der Waals surface area (Å²) in [6, 6.07) is -0.359. The molecule has 1 aliphatic rings. The molecule has 2 amide bonds. The summed E-state index contributed by atoms with van der Waals surface area (Å²) in [5.74, 6) is 0.168. The molecule has 16 heavy (non-hydrogen) atoms. The van der Waals surface area contributed by atoms with E-state index in [1.807, 2.05) is 27.7 Å². The van der Waals surface area contributed by atoms with Gasteiger partial charge in [-0.25, -0.2) is 0 Å². The van der Waals surface area contributed by atoms with Crippen LogP contribution in [0.3, 0.4) is 0 Å². The second-order valence-corrected chi connectivity index (χ2v) is 4.86. The van der Waals surface area contributed by atoms with Gasteiger partial charge in [-0.3, -0.25) is 9.59 Å². The summed E-state index contributed by atoms with van der Waals surface area (Å²) in [6.45, 7) is 7.75. The van der Waals surface area contributed by atoms with E-state index >= 15 is 0 Å². The summed E-state index contributed by atoms with van der Waals surface area (Å²) in [5.41, 5.74) is -0.693. The molecule has 0 radical (unpaired) electrons. The Morgan fingerprint density at radius 2 is 2.00 bits per heavy atom. The molecular formula is C12H22N2O2. The van der Waals surface area contributed by atoms with Gasteiger partial charge in [-0.15, -0.1) is 0 Å². The monoisotopic (exact) mass is 226 g/mol. The minimum absolute atomic E-state index is 0.0262. The van der Waals surface area contributed by atoms with Gasteiger partial charge < -0.3 is 10.2 Å². The van der Waals surface area contributed by atoms with Crippen LogP contribution in [-0.2, 0) is 9.59 Å². The lowest BCUT2D eigenvalue weighted by Crippen LogP contribution is -2.69. The molecule has 0 aromatic heterocycles. The normalized spacial score (nSPS) is 32.6. The number of likely N-dealkylation sites (N-methyl/N-ethyl adjacent to an activating group) is 1. The molecule has 1 heterocycles. The molecular weight excluding hydrogens is 204 g/mol. The lowest BCUT2D eigenvalue weighted by atomic mass is 9.87. The number of nitrogens with zero attached hydrogens (tertiary/aromatic N) is 1. The van der Waals surface area contributed by atoms with Gasteiger partial charge in [0.15, 0.2) is 0 Å². The van der Waals surface area contributed by atoms with E-state index in [0.29, 0.717) is 6.42 Å². The first-order valence-corrected chi connectivity index (χ1v) is 5.97. The van der Waals surface area contributed by atoms with Gasteiger partial charge in [0.2, 0.25) is 11.8 Å². The van der Waals surface area contributed by atoms with E-state index in [2.05, 4.69) is 5.32 Å². The van der Waals surface area contributed by atoms with Crippen molar-refractivity contribution in [2.45, 2.75) is 52.1 Å². The molecule has 0 saturated carbocycles. The number of amides is 2. The second-order valence-electron chi connectivity index (χ2n) is 4.86. The molecule has 4 nitrogen and oxygen atoms in total. The predicted octanol–water partition coefficient (Wildman–Crippen LogP) is 1.16. The van der Waals surface area contributed by atoms with E-state index < -0.39 is 5.54 Å². The molecule has 1 N–H and O–H groups in total. The standard InChI is InChI=1S/C12H22N2O2/c1-6-8(3)9-10(15)14(5)12(4,7-2)11(16)13-9/h8-9H,6-7H2,1-5H3,(H,13,16). The molecule has 1 aliphatic heterocycles. The molecule has 1 rings (SSSR count). The van der Waals surface area contributed by atoms with E-state index in [4.69, 9.17) is 0 Å². The third-order valence-corrected chi connectivity index (χ3v) is 4.01. The minimum Gasteiger partial charge on any atom is -0.342 e.